The molecule has 122 valence electrons. The highest BCUT2D eigenvalue weighted by Gasteiger charge is 2.29. The van der Waals surface area contributed by atoms with Crippen molar-refractivity contribution in [2.24, 2.45) is 4.99 Å². The smallest absolute Gasteiger partial charge is 0.296 e. The number of aliphatic imine (C=N–C) groups is 1. The quantitative estimate of drug-likeness (QED) is 0.574. The van der Waals surface area contributed by atoms with Crippen LogP contribution in [0.4, 0.5) is 0 Å². The van der Waals surface area contributed by atoms with Crippen molar-refractivity contribution in [2.45, 2.75) is 6.10 Å². The summed E-state index contributed by atoms with van der Waals surface area (Å²) in [6.07, 6.45) is -0.172. The SMILES string of the molecule is Oc1oc2ccccc2c1C1=NCC(c2cccc3ccccc23)O1. The molecule has 0 amide bonds. The van der Waals surface area contributed by atoms with E-state index in [4.69, 9.17) is 9.15 Å². The number of hydrogen-bond acceptors (Lipinski definition) is 4. The van der Waals surface area contributed by atoms with E-state index < -0.39 is 0 Å². The fraction of sp³-hybridized carbons (Fsp3) is 0.0952. The van der Waals surface area contributed by atoms with E-state index >= 15 is 0 Å². The minimum atomic E-state index is -0.172. The van der Waals surface area contributed by atoms with E-state index in [1.165, 1.54) is 5.39 Å². The van der Waals surface area contributed by atoms with Crippen molar-refractivity contribution in [1.82, 2.24) is 0 Å². The molecule has 25 heavy (non-hydrogen) atoms. The van der Waals surface area contributed by atoms with E-state index in [0.717, 1.165) is 16.3 Å². The summed E-state index contributed by atoms with van der Waals surface area (Å²) >= 11 is 0. The molecule has 1 atom stereocenters. The maximum absolute atomic E-state index is 10.2. The van der Waals surface area contributed by atoms with Gasteiger partial charge in [-0.2, -0.15) is 0 Å². The topological polar surface area (TPSA) is 55.0 Å². The normalized spacial score (nSPS) is 17.0. The highest BCUT2D eigenvalue weighted by molar-refractivity contribution is 6.08. The molecule has 0 saturated heterocycles. The number of para-hydroxylation sites is 1. The second-order valence-corrected chi connectivity index (χ2v) is 6.10. The molecule has 0 bridgehead atoms. The highest BCUT2D eigenvalue weighted by Crippen LogP contribution is 2.36. The number of benzene rings is 3. The molecule has 1 unspecified atom stereocenters. The van der Waals surface area contributed by atoms with Crippen molar-refractivity contribution >= 4 is 27.6 Å². The third-order valence-electron chi connectivity index (χ3n) is 4.62. The van der Waals surface area contributed by atoms with E-state index in [-0.39, 0.29) is 12.1 Å². The zero-order valence-electron chi connectivity index (χ0n) is 13.3. The number of fused-ring (bicyclic) bond motifs is 2. The average Bonchev–Trinajstić information content (AvgIpc) is 3.24. The van der Waals surface area contributed by atoms with E-state index in [9.17, 15) is 5.11 Å². The third-order valence-corrected chi connectivity index (χ3v) is 4.62. The van der Waals surface area contributed by atoms with E-state index in [1.54, 1.807) is 0 Å². The lowest BCUT2D eigenvalue weighted by molar-refractivity contribution is 0.230. The van der Waals surface area contributed by atoms with Crippen molar-refractivity contribution in [3.8, 4) is 5.95 Å². The van der Waals surface area contributed by atoms with Crippen molar-refractivity contribution < 1.29 is 14.3 Å². The monoisotopic (exact) mass is 329 g/mol. The van der Waals surface area contributed by atoms with Crippen molar-refractivity contribution in [3.63, 3.8) is 0 Å². The summed E-state index contributed by atoms with van der Waals surface area (Å²) in [7, 11) is 0. The molecule has 0 spiro atoms. The van der Waals surface area contributed by atoms with Crippen LogP contribution in [-0.2, 0) is 4.74 Å². The average molecular weight is 329 g/mol. The fourth-order valence-electron chi connectivity index (χ4n) is 3.45. The molecule has 0 aliphatic carbocycles. The van der Waals surface area contributed by atoms with Gasteiger partial charge in [-0.05, 0) is 16.8 Å². The summed E-state index contributed by atoms with van der Waals surface area (Å²) in [6.45, 7) is 0.516. The summed E-state index contributed by atoms with van der Waals surface area (Å²) in [5.74, 6) is 0.277. The van der Waals surface area contributed by atoms with Crippen molar-refractivity contribution in [1.29, 1.82) is 0 Å². The molecule has 0 saturated carbocycles. The molecular weight excluding hydrogens is 314 g/mol. The van der Waals surface area contributed by atoms with Crippen LogP contribution in [0.2, 0.25) is 0 Å². The maximum atomic E-state index is 10.2. The number of aromatic hydroxyl groups is 1. The lowest BCUT2D eigenvalue weighted by Gasteiger charge is -2.14. The Kier molecular flexibility index (Phi) is 3.04. The van der Waals surface area contributed by atoms with Crippen LogP contribution < -0.4 is 0 Å². The van der Waals surface area contributed by atoms with Gasteiger partial charge in [-0.3, -0.25) is 0 Å². The molecule has 4 heteroatoms. The molecule has 4 nitrogen and oxygen atoms in total. The van der Waals surface area contributed by atoms with Crippen LogP contribution in [0.1, 0.15) is 17.2 Å². The summed E-state index contributed by atoms with van der Waals surface area (Å²) < 4.78 is 11.5. The Balaban J connectivity index is 1.54. The molecule has 2 heterocycles. The van der Waals surface area contributed by atoms with Gasteiger partial charge in [-0.25, -0.2) is 4.99 Å². The zero-order valence-corrected chi connectivity index (χ0v) is 13.3. The Bertz CT molecular complexity index is 1120. The molecule has 4 aromatic rings. The van der Waals surface area contributed by atoms with Crippen LogP contribution in [0.5, 0.6) is 5.95 Å². The van der Waals surface area contributed by atoms with Crippen LogP contribution in [0.25, 0.3) is 21.7 Å². The van der Waals surface area contributed by atoms with Crippen LogP contribution in [0, 0.1) is 0 Å². The second-order valence-electron chi connectivity index (χ2n) is 6.10. The Morgan fingerprint density at radius 1 is 0.880 bits per heavy atom. The molecule has 5 rings (SSSR count). The molecular formula is C21H15NO3. The largest absolute Gasteiger partial charge is 0.480 e. The van der Waals surface area contributed by atoms with E-state index in [2.05, 4.69) is 29.3 Å². The van der Waals surface area contributed by atoms with Gasteiger partial charge < -0.3 is 14.3 Å². The van der Waals surface area contributed by atoms with E-state index in [1.807, 2.05) is 42.5 Å². The van der Waals surface area contributed by atoms with Gasteiger partial charge in [0.05, 0.1) is 6.54 Å². The third kappa shape index (κ3) is 2.18. The molecule has 3 aromatic carbocycles. The van der Waals surface area contributed by atoms with Crippen molar-refractivity contribution in [3.05, 3.63) is 77.9 Å². The van der Waals surface area contributed by atoms with Crippen molar-refractivity contribution in [2.75, 3.05) is 6.54 Å². The summed E-state index contributed by atoms with van der Waals surface area (Å²) in [6, 6.07) is 21.9. The van der Waals surface area contributed by atoms with Gasteiger partial charge in [0.1, 0.15) is 17.3 Å². The Labute approximate surface area is 144 Å². The zero-order chi connectivity index (χ0) is 16.8. The van der Waals surface area contributed by atoms with Crippen LogP contribution >= 0.6 is 0 Å². The fourth-order valence-corrected chi connectivity index (χ4v) is 3.45. The second kappa shape index (κ2) is 5.38. The Morgan fingerprint density at radius 2 is 1.64 bits per heavy atom. The number of ether oxygens (including phenoxy) is 1. The van der Waals surface area contributed by atoms with Gasteiger partial charge in [0, 0.05) is 10.9 Å². The van der Waals surface area contributed by atoms with Crippen LogP contribution in [-0.4, -0.2) is 17.5 Å². The van der Waals surface area contributed by atoms with Crippen LogP contribution in [0.3, 0.4) is 0 Å². The summed E-state index contributed by atoms with van der Waals surface area (Å²) in [5.41, 5.74) is 2.25. The standard InChI is InChI=1S/C21H15NO3/c23-21-19(16-9-3-4-11-17(16)25-21)20-22-12-18(24-20)15-10-5-7-13-6-1-2-8-14(13)15/h1-11,18,23H,12H2. The maximum Gasteiger partial charge on any atom is 0.296 e. The first-order valence-corrected chi connectivity index (χ1v) is 8.21. The molecule has 0 radical (unpaired) electrons. The number of rotatable bonds is 2. The van der Waals surface area contributed by atoms with Gasteiger partial charge in [0.2, 0.25) is 5.90 Å². The lowest BCUT2D eigenvalue weighted by atomic mass is 10.0. The van der Waals surface area contributed by atoms with Gasteiger partial charge in [0.15, 0.2) is 0 Å². The van der Waals surface area contributed by atoms with E-state index in [0.29, 0.717) is 23.6 Å². The lowest BCUT2D eigenvalue weighted by Crippen LogP contribution is -2.06. The summed E-state index contributed by atoms with van der Waals surface area (Å²) in [5, 5.41) is 13.3. The molecule has 1 aliphatic heterocycles. The molecule has 1 aliphatic rings. The predicted molar refractivity (Wildman–Crippen MR) is 97.1 cm³/mol. The van der Waals surface area contributed by atoms with Gasteiger partial charge in [0.25, 0.3) is 5.95 Å². The first kappa shape index (κ1) is 14.1. The minimum Gasteiger partial charge on any atom is -0.480 e. The molecule has 1 aromatic heterocycles. The first-order chi connectivity index (χ1) is 12.3. The number of hydrogen-bond donors (Lipinski definition) is 1. The molecule has 1 N–H and O–H groups in total. The predicted octanol–water partition coefficient (Wildman–Crippen LogP) is 4.81. The number of nitrogens with zero attached hydrogens (tertiary/aromatic N) is 1. The number of furan rings is 1. The first-order valence-electron chi connectivity index (χ1n) is 8.21. The highest BCUT2D eigenvalue weighted by atomic mass is 16.5. The Hall–Kier alpha value is -3.27. The van der Waals surface area contributed by atoms with Gasteiger partial charge >= 0.3 is 0 Å². The van der Waals surface area contributed by atoms with Gasteiger partial charge in [-0.15, -0.1) is 0 Å². The summed E-state index contributed by atoms with van der Waals surface area (Å²) in [4.78, 5) is 4.53. The molecule has 0 fully saturated rings. The van der Waals surface area contributed by atoms with Crippen LogP contribution in [0.15, 0.2) is 76.1 Å². The minimum absolute atomic E-state index is 0.154. The van der Waals surface area contributed by atoms with Gasteiger partial charge in [-0.1, -0.05) is 60.7 Å². The Morgan fingerprint density at radius 3 is 2.56 bits per heavy atom.